The van der Waals surface area contributed by atoms with Gasteiger partial charge in [0.2, 0.25) is 0 Å². The average Bonchev–Trinajstić information content (AvgIpc) is 2.43. The first-order valence-corrected chi connectivity index (χ1v) is 6.82. The number of benzene rings is 1. The summed E-state index contributed by atoms with van der Waals surface area (Å²) in [4.78, 5) is 0. The van der Waals surface area contributed by atoms with E-state index in [0.717, 1.165) is 49.3 Å². The van der Waals surface area contributed by atoms with E-state index in [1.54, 1.807) is 0 Å². The van der Waals surface area contributed by atoms with E-state index in [-0.39, 0.29) is 0 Å². The molecule has 0 saturated carbocycles. The Morgan fingerprint density at radius 3 is 2.94 bits per heavy atom. The summed E-state index contributed by atoms with van der Waals surface area (Å²) in [6.45, 7) is 2.96. The molecule has 3 heteroatoms. The topological polar surface area (TPSA) is 41.8 Å². The highest BCUT2D eigenvalue weighted by molar-refractivity contribution is 6.02. The van der Waals surface area contributed by atoms with E-state index in [0.29, 0.717) is 0 Å². The predicted molar refractivity (Wildman–Crippen MR) is 72.7 cm³/mol. The van der Waals surface area contributed by atoms with Gasteiger partial charge in [-0.3, -0.25) is 0 Å². The lowest BCUT2D eigenvalue weighted by Gasteiger charge is -2.20. The van der Waals surface area contributed by atoms with Gasteiger partial charge in [0, 0.05) is 11.1 Å². The number of hydrogen-bond acceptors (Lipinski definition) is 3. The van der Waals surface area contributed by atoms with Crippen LogP contribution in [0, 0.1) is 0 Å². The predicted octanol–water partition coefficient (Wildman–Crippen LogP) is 3.77. The second-order valence-corrected chi connectivity index (χ2v) is 4.74. The fraction of sp³-hybridized carbons (Fsp3) is 0.533. The van der Waals surface area contributed by atoms with Gasteiger partial charge in [-0.2, -0.15) is 0 Å². The van der Waals surface area contributed by atoms with Crippen molar-refractivity contribution >= 4 is 5.71 Å². The first-order valence-electron chi connectivity index (χ1n) is 6.82. The van der Waals surface area contributed by atoms with Crippen LogP contribution in [0.2, 0.25) is 0 Å². The van der Waals surface area contributed by atoms with Crippen molar-refractivity contribution in [3.05, 3.63) is 29.3 Å². The molecule has 1 aliphatic rings. The van der Waals surface area contributed by atoms with Crippen molar-refractivity contribution in [1.29, 1.82) is 0 Å². The lowest BCUT2D eigenvalue weighted by Crippen LogP contribution is -2.13. The van der Waals surface area contributed by atoms with Crippen LogP contribution >= 0.6 is 0 Å². The molecule has 0 amide bonds. The standard InChI is InChI=1S/C15H21NO2/c1-2-3-4-11-18-15-10-6-7-12-13(15)8-5-9-14(12)16-17/h6-7,10,17H,2-5,8-9,11H2,1H3/b16-14+. The molecule has 0 radical (unpaired) electrons. The Morgan fingerprint density at radius 2 is 2.17 bits per heavy atom. The first kappa shape index (κ1) is 12.9. The Balaban J connectivity index is 2.12. The fourth-order valence-corrected chi connectivity index (χ4v) is 2.43. The minimum absolute atomic E-state index is 0.774. The Labute approximate surface area is 108 Å². The smallest absolute Gasteiger partial charge is 0.123 e. The first-order chi connectivity index (χ1) is 8.86. The quantitative estimate of drug-likeness (QED) is 0.489. The Hall–Kier alpha value is -1.51. The van der Waals surface area contributed by atoms with Gasteiger partial charge in [-0.05, 0) is 31.7 Å². The Morgan fingerprint density at radius 1 is 1.28 bits per heavy atom. The molecular weight excluding hydrogens is 226 g/mol. The molecule has 1 aromatic rings. The van der Waals surface area contributed by atoms with E-state index in [4.69, 9.17) is 9.94 Å². The minimum Gasteiger partial charge on any atom is -0.493 e. The van der Waals surface area contributed by atoms with Gasteiger partial charge in [0.1, 0.15) is 5.75 Å². The van der Waals surface area contributed by atoms with Gasteiger partial charge >= 0.3 is 0 Å². The zero-order valence-corrected chi connectivity index (χ0v) is 11.0. The van der Waals surface area contributed by atoms with Crippen molar-refractivity contribution < 1.29 is 9.94 Å². The van der Waals surface area contributed by atoms with Crippen molar-refractivity contribution in [2.24, 2.45) is 5.16 Å². The van der Waals surface area contributed by atoms with Gasteiger partial charge in [-0.25, -0.2) is 0 Å². The number of unbranched alkanes of at least 4 members (excludes halogenated alkanes) is 2. The molecule has 0 heterocycles. The highest BCUT2D eigenvalue weighted by Crippen LogP contribution is 2.30. The zero-order valence-electron chi connectivity index (χ0n) is 11.0. The summed E-state index contributed by atoms with van der Waals surface area (Å²) < 4.78 is 5.86. The Kier molecular flexibility index (Phi) is 4.62. The molecule has 3 nitrogen and oxygen atoms in total. The van der Waals surface area contributed by atoms with Crippen LogP contribution in [0.5, 0.6) is 5.75 Å². The number of ether oxygens (including phenoxy) is 1. The van der Waals surface area contributed by atoms with Crippen LogP contribution in [0.15, 0.2) is 23.4 Å². The molecule has 18 heavy (non-hydrogen) atoms. The summed E-state index contributed by atoms with van der Waals surface area (Å²) >= 11 is 0. The second-order valence-electron chi connectivity index (χ2n) is 4.74. The van der Waals surface area contributed by atoms with Gasteiger partial charge in [0.15, 0.2) is 0 Å². The van der Waals surface area contributed by atoms with Crippen LogP contribution in [0.4, 0.5) is 0 Å². The summed E-state index contributed by atoms with van der Waals surface area (Å²) in [5, 5.41) is 12.4. The number of oxime groups is 1. The van der Waals surface area contributed by atoms with E-state index in [9.17, 15) is 0 Å². The molecule has 2 rings (SSSR count). The van der Waals surface area contributed by atoms with Crippen LogP contribution in [0.1, 0.15) is 50.2 Å². The third-order valence-electron chi connectivity index (χ3n) is 3.41. The lowest BCUT2D eigenvalue weighted by molar-refractivity contribution is 0.302. The van der Waals surface area contributed by atoms with Crippen molar-refractivity contribution in [2.45, 2.75) is 45.4 Å². The zero-order chi connectivity index (χ0) is 12.8. The van der Waals surface area contributed by atoms with Crippen LogP contribution in [0.25, 0.3) is 0 Å². The van der Waals surface area contributed by atoms with Gasteiger partial charge in [0.25, 0.3) is 0 Å². The van der Waals surface area contributed by atoms with Crippen LogP contribution in [-0.2, 0) is 6.42 Å². The molecule has 0 atom stereocenters. The minimum atomic E-state index is 0.774. The molecule has 1 aromatic carbocycles. The summed E-state index contributed by atoms with van der Waals surface area (Å²) in [6.07, 6.45) is 6.40. The molecule has 0 fully saturated rings. The van der Waals surface area contributed by atoms with Crippen LogP contribution in [-0.4, -0.2) is 17.5 Å². The monoisotopic (exact) mass is 247 g/mol. The molecule has 0 aliphatic heterocycles. The summed E-state index contributed by atoms with van der Waals surface area (Å²) in [6, 6.07) is 6.01. The van der Waals surface area contributed by atoms with Gasteiger partial charge in [-0.1, -0.05) is 37.1 Å². The van der Waals surface area contributed by atoms with Crippen LogP contribution < -0.4 is 4.74 Å². The second kappa shape index (κ2) is 6.43. The van der Waals surface area contributed by atoms with E-state index >= 15 is 0 Å². The van der Waals surface area contributed by atoms with Crippen LogP contribution in [0.3, 0.4) is 0 Å². The molecule has 0 bridgehead atoms. The van der Waals surface area contributed by atoms with E-state index in [1.165, 1.54) is 18.4 Å². The average molecular weight is 247 g/mol. The third kappa shape index (κ3) is 2.84. The summed E-state index contributed by atoms with van der Waals surface area (Å²) in [5.74, 6) is 0.962. The van der Waals surface area contributed by atoms with Crippen molar-refractivity contribution in [3.8, 4) is 5.75 Å². The molecule has 0 aromatic heterocycles. The largest absolute Gasteiger partial charge is 0.493 e. The fourth-order valence-electron chi connectivity index (χ4n) is 2.43. The normalized spacial score (nSPS) is 16.6. The van der Waals surface area contributed by atoms with E-state index < -0.39 is 0 Å². The number of nitrogens with zero attached hydrogens (tertiary/aromatic N) is 1. The number of rotatable bonds is 5. The molecule has 0 saturated heterocycles. The highest BCUT2D eigenvalue weighted by Gasteiger charge is 2.19. The van der Waals surface area contributed by atoms with E-state index in [2.05, 4.69) is 12.1 Å². The molecule has 0 spiro atoms. The molecule has 98 valence electrons. The molecule has 1 N–H and O–H groups in total. The summed E-state index contributed by atoms with van der Waals surface area (Å²) in [5.41, 5.74) is 3.04. The molecular formula is C15H21NO2. The van der Waals surface area contributed by atoms with Crippen molar-refractivity contribution in [1.82, 2.24) is 0 Å². The van der Waals surface area contributed by atoms with E-state index in [1.807, 2.05) is 18.2 Å². The maximum atomic E-state index is 9.02. The lowest BCUT2D eigenvalue weighted by atomic mass is 9.89. The van der Waals surface area contributed by atoms with Gasteiger partial charge < -0.3 is 9.94 Å². The van der Waals surface area contributed by atoms with Gasteiger partial charge in [-0.15, -0.1) is 0 Å². The number of hydrogen-bond donors (Lipinski definition) is 1. The van der Waals surface area contributed by atoms with Crippen molar-refractivity contribution in [2.75, 3.05) is 6.61 Å². The van der Waals surface area contributed by atoms with Gasteiger partial charge in [0.05, 0.1) is 12.3 Å². The molecule has 1 aliphatic carbocycles. The summed E-state index contributed by atoms with van der Waals surface area (Å²) in [7, 11) is 0. The SMILES string of the molecule is CCCCCOc1cccc2c1CCC/C2=N\O. The Bertz CT molecular complexity index is 427. The third-order valence-corrected chi connectivity index (χ3v) is 3.41. The highest BCUT2D eigenvalue weighted by atomic mass is 16.5. The maximum absolute atomic E-state index is 9.02. The number of fused-ring (bicyclic) bond motifs is 1. The maximum Gasteiger partial charge on any atom is 0.123 e. The van der Waals surface area contributed by atoms with Crippen molar-refractivity contribution in [3.63, 3.8) is 0 Å². The molecule has 0 unspecified atom stereocenters.